The van der Waals surface area contributed by atoms with Crippen LogP contribution in [-0.2, 0) is 25.7 Å². The fraction of sp³-hybridized carbons (Fsp3) is 0.730. The van der Waals surface area contributed by atoms with Gasteiger partial charge in [0.05, 0.1) is 0 Å². The number of amides is 4. The van der Waals surface area contributed by atoms with Gasteiger partial charge in [-0.1, -0.05) is 74.4 Å². The topological polar surface area (TPSA) is 196 Å². The lowest BCUT2D eigenvalue weighted by Gasteiger charge is -2.22. The minimum atomic E-state index is -1.51. The van der Waals surface area contributed by atoms with Gasteiger partial charge in [0.2, 0.25) is 23.6 Å². The molecule has 0 radical (unpaired) electrons. The van der Waals surface area contributed by atoms with Crippen molar-refractivity contribution >= 4 is 79.4 Å². The van der Waals surface area contributed by atoms with Crippen LogP contribution in [0.15, 0.2) is 24.3 Å². The predicted molar refractivity (Wildman–Crippen MR) is 238 cm³/mol. The van der Waals surface area contributed by atoms with Gasteiger partial charge in [-0.05, 0) is 69.8 Å². The Balaban J connectivity index is 2.33. The molecule has 1 rings (SSSR count). The van der Waals surface area contributed by atoms with Crippen molar-refractivity contribution in [2.24, 2.45) is 0 Å². The Kier molecular flexibility index (Phi) is 34.0. The summed E-state index contributed by atoms with van der Waals surface area (Å²) in [5.74, 6) is 3.21. The minimum Gasteiger partial charge on any atom is -0.423 e. The second-order valence-electron chi connectivity index (χ2n) is 13.2. The number of rotatable bonds is 37. The molecule has 4 amide bonds. The summed E-state index contributed by atoms with van der Waals surface area (Å²) in [5, 5.41) is 43.3. The molecule has 1 aromatic rings. The summed E-state index contributed by atoms with van der Waals surface area (Å²) >= 11 is 0. The van der Waals surface area contributed by atoms with Crippen molar-refractivity contribution < 1.29 is 34.3 Å². The van der Waals surface area contributed by atoms with Crippen LogP contribution >= 0.6 is 43.2 Å². The molecule has 320 valence electrons. The maximum absolute atomic E-state index is 12.7. The third-order valence-corrected chi connectivity index (χ3v) is 13.2. The number of aliphatic hydroxyl groups excluding tert-OH is 1. The van der Waals surface area contributed by atoms with E-state index in [0.29, 0.717) is 83.5 Å². The van der Waals surface area contributed by atoms with Crippen molar-refractivity contribution in [3.05, 3.63) is 29.8 Å². The van der Waals surface area contributed by atoms with Gasteiger partial charge >= 0.3 is 7.12 Å². The Morgan fingerprint density at radius 1 is 0.625 bits per heavy atom. The molecule has 0 saturated carbocycles. The van der Waals surface area contributed by atoms with Gasteiger partial charge < -0.3 is 51.5 Å². The zero-order chi connectivity index (χ0) is 41.1. The zero-order valence-corrected chi connectivity index (χ0v) is 36.8. The summed E-state index contributed by atoms with van der Waals surface area (Å²) in [6, 6.07) is 7.23. The van der Waals surface area contributed by atoms with Crippen molar-refractivity contribution in [1.29, 1.82) is 0 Å². The monoisotopic (exact) mass is 861 g/mol. The third kappa shape index (κ3) is 30.4. The number of carbonyl (C=O) groups is 4. The van der Waals surface area contributed by atoms with Gasteiger partial charge in [0.15, 0.2) is 0 Å². The Labute approximate surface area is 351 Å². The molecule has 56 heavy (non-hydrogen) atoms. The van der Waals surface area contributed by atoms with E-state index in [4.69, 9.17) is 5.11 Å². The van der Waals surface area contributed by atoms with E-state index in [9.17, 15) is 29.2 Å². The molecule has 8 N–H and O–H groups in total. The Morgan fingerprint density at radius 2 is 1.11 bits per heavy atom. The average molecular weight is 862 g/mol. The molecule has 0 atom stereocenters. The number of nitrogens with zero attached hydrogens (tertiary/aromatic N) is 2. The van der Waals surface area contributed by atoms with Gasteiger partial charge in [0.25, 0.3) is 0 Å². The van der Waals surface area contributed by atoms with E-state index in [1.807, 2.05) is 26.1 Å². The molecule has 0 bridgehead atoms. The van der Waals surface area contributed by atoms with Crippen LogP contribution < -0.4 is 32.0 Å². The van der Waals surface area contributed by atoms with Crippen molar-refractivity contribution in [1.82, 2.24) is 36.4 Å². The first kappa shape index (κ1) is 52.3. The van der Waals surface area contributed by atoms with Crippen molar-refractivity contribution in [2.75, 3.05) is 102 Å². The van der Waals surface area contributed by atoms with Gasteiger partial charge in [0, 0.05) is 108 Å². The van der Waals surface area contributed by atoms with E-state index in [1.54, 1.807) is 55.3 Å². The quantitative estimate of drug-likeness (QED) is 0.0272. The van der Waals surface area contributed by atoms with Crippen LogP contribution in [0.4, 0.5) is 0 Å². The highest BCUT2D eigenvalue weighted by atomic mass is 33.1. The molecular weight excluding hydrogens is 794 g/mol. The molecule has 1 aromatic carbocycles. The fourth-order valence-electron chi connectivity index (χ4n) is 5.25. The number of aliphatic hydroxyl groups is 1. The van der Waals surface area contributed by atoms with Gasteiger partial charge in [-0.15, -0.1) is 0 Å². The van der Waals surface area contributed by atoms with Crippen molar-refractivity contribution in [3.8, 4) is 0 Å². The molecule has 0 aliphatic heterocycles. The summed E-state index contributed by atoms with van der Waals surface area (Å²) in [6.07, 6.45) is 6.00. The number of carbonyl (C=O) groups excluding carboxylic acids is 4. The van der Waals surface area contributed by atoms with Gasteiger partial charge in [-0.2, -0.15) is 0 Å². The molecule has 0 spiro atoms. The molecule has 0 saturated heterocycles. The van der Waals surface area contributed by atoms with E-state index in [-0.39, 0.29) is 30.2 Å². The normalized spacial score (nSPS) is 11.2. The van der Waals surface area contributed by atoms with Crippen LogP contribution in [-0.4, -0.2) is 158 Å². The molecule has 0 aliphatic rings. The van der Waals surface area contributed by atoms with Gasteiger partial charge in [-0.25, -0.2) is 0 Å². The Morgan fingerprint density at radius 3 is 1.61 bits per heavy atom. The molecule has 0 unspecified atom stereocenters. The van der Waals surface area contributed by atoms with E-state index >= 15 is 0 Å². The summed E-state index contributed by atoms with van der Waals surface area (Å²) in [7, 11) is 7.16. The smallest absolute Gasteiger partial charge is 0.423 e. The SMILES string of the molecule is CCCC(=O)NCCSSCCNC(=O)CCN(CCCCNCc1ccccc1B(O)O)CCC(=O)NCCSSCCNC(=O)CCN(C)CCCCO. The molecule has 0 aliphatic carbocycles. The molecule has 0 aromatic heterocycles. The second kappa shape index (κ2) is 36.4. The van der Waals surface area contributed by atoms with Crippen LogP contribution in [0.5, 0.6) is 0 Å². The molecule has 19 heteroatoms. The van der Waals surface area contributed by atoms with Crippen LogP contribution in [0.3, 0.4) is 0 Å². The van der Waals surface area contributed by atoms with Gasteiger partial charge in [0.1, 0.15) is 0 Å². The molecule has 0 fully saturated rings. The number of hydrogen-bond acceptors (Lipinski definition) is 14. The summed E-state index contributed by atoms with van der Waals surface area (Å²) in [5.41, 5.74) is 1.34. The lowest BCUT2D eigenvalue weighted by atomic mass is 9.77. The number of nitrogens with one attached hydrogen (secondary N) is 5. The first-order valence-electron chi connectivity index (χ1n) is 19.9. The largest absolute Gasteiger partial charge is 0.488 e. The highest BCUT2D eigenvalue weighted by molar-refractivity contribution is 8.77. The Bertz CT molecular complexity index is 1200. The number of unbranched alkanes of at least 4 members (excludes halogenated alkanes) is 2. The van der Waals surface area contributed by atoms with Crippen LogP contribution in [0, 0.1) is 0 Å². The number of hydrogen-bond donors (Lipinski definition) is 8. The lowest BCUT2D eigenvalue weighted by Crippen LogP contribution is -2.36. The molecular formula is C37H68BN7O7S4. The van der Waals surface area contributed by atoms with Crippen LogP contribution in [0.25, 0.3) is 0 Å². The average Bonchev–Trinajstić information content (AvgIpc) is 3.18. The molecule has 14 nitrogen and oxygen atoms in total. The first-order chi connectivity index (χ1) is 27.2. The zero-order valence-electron chi connectivity index (χ0n) is 33.6. The van der Waals surface area contributed by atoms with E-state index < -0.39 is 7.12 Å². The van der Waals surface area contributed by atoms with Crippen molar-refractivity contribution in [2.45, 2.75) is 71.3 Å². The van der Waals surface area contributed by atoms with E-state index in [1.165, 1.54) is 0 Å². The summed E-state index contributed by atoms with van der Waals surface area (Å²) < 4.78 is 0. The molecule has 0 heterocycles. The van der Waals surface area contributed by atoms with Gasteiger partial charge in [-0.3, -0.25) is 19.2 Å². The minimum absolute atomic E-state index is 0.0183. The summed E-state index contributed by atoms with van der Waals surface area (Å²) in [4.78, 5) is 53.2. The highest BCUT2D eigenvalue weighted by Gasteiger charge is 2.15. The van der Waals surface area contributed by atoms with Crippen LogP contribution in [0.2, 0.25) is 0 Å². The standard InChI is InChI=1S/C37H68BN7O7S4/c1-3-10-34(47)40-17-27-53-55-29-19-42-36(49)14-24-45(22-7-6-16-39-31-32-11-4-5-12-33(32)38(51)52)25-15-37(50)43-20-30-56-54-28-18-41-35(48)13-23-44(2)21-8-9-26-46/h4-5,11-12,39,46,51-52H,3,6-10,13-31H2,1-2H3,(H,40,47)(H,41,48)(H,42,49)(H,43,50). The highest BCUT2D eigenvalue weighted by Crippen LogP contribution is 2.20. The van der Waals surface area contributed by atoms with Crippen LogP contribution in [0.1, 0.15) is 70.3 Å². The fourth-order valence-corrected chi connectivity index (χ4v) is 8.88. The predicted octanol–water partition coefficient (Wildman–Crippen LogP) is 1.44. The lowest BCUT2D eigenvalue weighted by molar-refractivity contribution is -0.122. The Hall–Kier alpha value is -1.68. The van der Waals surface area contributed by atoms with E-state index in [2.05, 4.69) is 36.4 Å². The first-order valence-corrected chi connectivity index (χ1v) is 24.9. The van der Waals surface area contributed by atoms with E-state index in [0.717, 1.165) is 80.3 Å². The summed E-state index contributed by atoms with van der Waals surface area (Å²) in [6.45, 7) is 9.24. The van der Waals surface area contributed by atoms with Crippen molar-refractivity contribution in [3.63, 3.8) is 0 Å². The maximum atomic E-state index is 12.7. The number of benzene rings is 1. The second-order valence-corrected chi connectivity index (χ2v) is 18.6. The third-order valence-electron chi connectivity index (χ3n) is 8.38. The maximum Gasteiger partial charge on any atom is 0.488 e.